The van der Waals surface area contributed by atoms with E-state index >= 15 is 0 Å². The molecule has 0 amide bonds. The second kappa shape index (κ2) is 9.68. The smallest absolute Gasteiger partial charge is 0.139 e. The molecule has 0 radical (unpaired) electrons. The van der Waals surface area contributed by atoms with Crippen LogP contribution in [0.25, 0.3) is 0 Å². The van der Waals surface area contributed by atoms with Crippen LogP contribution >= 0.6 is 0 Å². The topological polar surface area (TPSA) is 54.0 Å². The molecule has 29 heavy (non-hydrogen) atoms. The average Bonchev–Trinajstić information content (AvgIpc) is 2.76. The summed E-state index contributed by atoms with van der Waals surface area (Å²) in [5.74, 6) is 3.47. The first-order chi connectivity index (χ1) is 14.1. The lowest BCUT2D eigenvalue weighted by Crippen LogP contribution is -2.31. The zero-order chi connectivity index (χ0) is 20.8. The van der Waals surface area contributed by atoms with Crippen LogP contribution in [0, 0.1) is 11.8 Å². The molecule has 3 rings (SSSR count). The first-order valence-corrected chi connectivity index (χ1v) is 10.0. The number of ketones is 1. The Morgan fingerprint density at radius 2 is 1.17 bits per heavy atom. The predicted molar refractivity (Wildman–Crippen MR) is 112 cm³/mol. The van der Waals surface area contributed by atoms with Gasteiger partial charge in [-0.15, -0.1) is 0 Å². The Balaban J connectivity index is 1.78. The molecule has 1 aliphatic carbocycles. The molecule has 0 aliphatic heterocycles. The van der Waals surface area contributed by atoms with Crippen LogP contribution in [0.15, 0.2) is 36.4 Å². The molecule has 5 nitrogen and oxygen atoms in total. The van der Waals surface area contributed by atoms with Crippen LogP contribution < -0.4 is 18.9 Å². The molecule has 0 spiro atoms. The van der Waals surface area contributed by atoms with E-state index in [1.165, 1.54) is 0 Å². The van der Waals surface area contributed by atoms with Crippen molar-refractivity contribution in [3.8, 4) is 23.0 Å². The van der Waals surface area contributed by atoms with Crippen LogP contribution in [0.2, 0.25) is 0 Å². The summed E-state index contributed by atoms with van der Waals surface area (Å²) in [4.78, 5) is 13.3. The Morgan fingerprint density at radius 3 is 1.55 bits per heavy atom. The van der Waals surface area contributed by atoms with Gasteiger partial charge in [0.1, 0.15) is 28.8 Å². The van der Waals surface area contributed by atoms with Gasteiger partial charge in [-0.25, -0.2) is 0 Å². The minimum absolute atomic E-state index is 0.00800. The molecular weight excluding hydrogens is 368 g/mol. The summed E-state index contributed by atoms with van der Waals surface area (Å²) in [6, 6.07) is 11.5. The Bertz CT molecular complexity index is 778. The summed E-state index contributed by atoms with van der Waals surface area (Å²) < 4.78 is 21.7. The van der Waals surface area contributed by atoms with Crippen molar-refractivity contribution in [2.75, 3.05) is 28.4 Å². The number of carbonyl (C=O) groups is 1. The van der Waals surface area contributed by atoms with Gasteiger partial charge >= 0.3 is 0 Å². The van der Waals surface area contributed by atoms with Crippen LogP contribution in [0.5, 0.6) is 23.0 Å². The molecule has 0 bridgehead atoms. The van der Waals surface area contributed by atoms with Gasteiger partial charge in [0.25, 0.3) is 0 Å². The first-order valence-electron chi connectivity index (χ1n) is 10.0. The molecule has 0 saturated heterocycles. The standard InChI is InChI=1S/C24H30O5/c1-26-20-8-10-22(28-3)18(14-20)12-16-6-5-7-17(24(16)25)13-19-15-21(27-2)9-11-23(19)29-4/h8-11,14-17H,5-7,12-13H2,1-4H3/t16-,17-/m0/s1. The SMILES string of the molecule is COc1ccc(OC)c(C[C@@H]2CCC[C@@H](Cc3cc(OC)ccc3OC)C2=O)c1. The number of ether oxygens (including phenoxy) is 4. The fraction of sp³-hybridized carbons (Fsp3) is 0.458. The number of hydrogen-bond donors (Lipinski definition) is 0. The van der Waals surface area contributed by atoms with E-state index in [4.69, 9.17) is 18.9 Å². The van der Waals surface area contributed by atoms with E-state index in [1.807, 2.05) is 36.4 Å². The van der Waals surface area contributed by atoms with Gasteiger partial charge in [-0.3, -0.25) is 4.79 Å². The zero-order valence-electron chi connectivity index (χ0n) is 17.7. The normalized spacial score (nSPS) is 19.0. The van der Waals surface area contributed by atoms with Gasteiger partial charge in [-0.05, 0) is 73.2 Å². The highest BCUT2D eigenvalue weighted by Gasteiger charge is 2.32. The number of rotatable bonds is 8. The predicted octanol–water partition coefficient (Wildman–Crippen LogP) is 4.49. The summed E-state index contributed by atoms with van der Waals surface area (Å²) in [5.41, 5.74) is 2.04. The van der Waals surface area contributed by atoms with Gasteiger partial charge in [-0.2, -0.15) is 0 Å². The highest BCUT2D eigenvalue weighted by molar-refractivity contribution is 5.85. The van der Waals surface area contributed by atoms with Gasteiger partial charge in [0.15, 0.2) is 0 Å². The third-order valence-corrected chi connectivity index (χ3v) is 5.82. The Hall–Kier alpha value is -2.69. The van der Waals surface area contributed by atoms with Crippen molar-refractivity contribution in [1.82, 2.24) is 0 Å². The van der Waals surface area contributed by atoms with Gasteiger partial charge < -0.3 is 18.9 Å². The highest BCUT2D eigenvalue weighted by Crippen LogP contribution is 2.36. The molecule has 2 atom stereocenters. The third kappa shape index (κ3) is 4.84. The summed E-state index contributed by atoms with van der Waals surface area (Å²) in [6.07, 6.45) is 4.20. The van der Waals surface area contributed by atoms with E-state index < -0.39 is 0 Å². The van der Waals surface area contributed by atoms with E-state index in [9.17, 15) is 4.79 Å². The second-order valence-electron chi connectivity index (χ2n) is 7.49. The Kier molecular flexibility index (Phi) is 7.02. The molecule has 0 heterocycles. The van der Waals surface area contributed by atoms with Crippen molar-refractivity contribution in [2.24, 2.45) is 11.8 Å². The lowest BCUT2D eigenvalue weighted by atomic mass is 9.75. The van der Waals surface area contributed by atoms with Crippen LogP contribution in [0.3, 0.4) is 0 Å². The Morgan fingerprint density at radius 1 is 0.724 bits per heavy atom. The maximum atomic E-state index is 13.3. The summed E-state index contributed by atoms with van der Waals surface area (Å²) >= 11 is 0. The van der Waals surface area contributed by atoms with Crippen LogP contribution in [-0.4, -0.2) is 34.2 Å². The third-order valence-electron chi connectivity index (χ3n) is 5.82. The molecule has 156 valence electrons. The Labute approximate surface area is 172 Å². The van der Waals surface area contributed by atoms with E-state index in [0.717, 1.165) is 53.4 Å². The maximum absolute atomic E-state index is 13.3. The number of methoxy groups -OCH3 is 4. The fourth-order valence-corrected chi connectivity index (χ4v) is 4.25. The summed E-state index contributed by atoms with van der Waals surface area (Å²) in [6.45, 7) is 0. The summed E-state index contributed by atoms with van der Waals surface area (Å²) in [7, 11) is 6.61. The molecule has 1 fully saturated rings. The minimum atomic E-state index is -0.00800. The average molecular weight is 398 g/mol. The van der Waals surface area contributed by atoms with Crippen molar-refractivity contribution in [3.63, 3.8) is 0 Å². The van der Waals surface area contributed by atoms with Crippen LogP contribution in [0.4, 0.5) is 0 Å². The first kappa shape index (κ1) is 21.0. The van der Waals surface area contributed by atoms with Crippen LogP contribution in [-0.2, 0) is 17.6 Å². The van der Waals surface area contributed by atoms with Crippen molar-refractivity contribution in [3.05, 3.63) is 47.5 Å². The molecule has 1 saturated carbocycles. The molecule has 2 aromatic carbocycles. The van der Waals surface area contributed by atoms with E-state index in [1.54, 1.807) is 28.4 Å². The van der Waals surface area contributed by atoms with Gasteiger partial charge in [0, 0.05) is 11.8 Å². The quantitative estimate of drug-likeness (QED) is 0.656. The van der Waals surface area contributed by atoms with Crippen molar-refractivity contribution in [2.45, 2.75) is 32.1 Å². The van der Waals surface area contributed by atoms with E-state index in [2.05, 4.69) is 0 Å². The van der Waals surface area contributed by atoms with Crippen LogP contribution in [0.1, 0.15) is 30.4 Å². The largest absolute Gasteiger partial charge is 0.497 e. The molecule has 1 aliphatic rings. The maximum Gasteiger partial charge on any atom is 0.139 e. The van der Waals surface area contributed by atoms with Crippen molar-refractivity contribution in [1.29, 1.82) is 0 Å². The lowest BCUT2D eigenvalue weighted by molar-refractivity contribution is -0.129. The molecular formula is C24H30O5. The minimum Gasteiger partial charge on any atom is -0.497 e. The molecule has 2 aromatic rings. The zero-order valence-corrected chi connectivity index (χ0v) is 17.7. The van der Waals surface area contributed by atoms with Gasteiger partial charge in [0.2, 0.25) is 0 Å². The molecule has 0 aromatic heterocycles. The number of carbonyl (C=O) groups excluding carboxylic acids is 1. The lowest BCUT2D eigenvalue weighted by Gasteiger charge is -2.29. The van der Waals surface area contributed by atoms with E-state index in [0.29, 0.717) is 18.6 Å². The monoisotopic (exact) mass is 398 g/mol. The molecule has 0 N–H and O–H groups in total. The van der Waals surface area contributed by atoms with Gasteiger partial charge in [0.05, 0.1) is 28.4 Å². The molecule has 0 unspecified atom stereocenters. The van der Waals surface area contributed by atoms with Crippen molar-refractivity contribution < 1.29 is 23.7 Å². The number of benzene rings is 2. The highest BCUT2D eigenvalue weighted by atomic mass is 16.5. The van der Waals surface area contributed by atoms with E-state index in [-0.39, 0.29) is 11.8 Å². The molecule has 5 heteroatoms. The number of hydrogen-bond acceptors (Lipinski definition) is 5. The number of Topliss-reactive ketones (excluding diaryl/α,β-unsaturated/α-hetero) is 1. The fourth-order valence-electron chi connectivity index (χ4n) is 4.25. The van der Waals surface area contributed by atoms with Crippen molar-refractivity contribution >= 4 is 5.78 Å². The van der Waals surface area contributed by atoms with Gasteiger partial charge in [-0.1, -0.05) is 6.42 Å². The summed E-state index contributed by atoms with van der Waals surface area (Å²) in [5, 5.41) is 0. The second-order valence-corrected chi connectivity index (χ2v) is 7.49.